The lowest BCUT2D eigenvalue weighted by Gasteiger charge is -2.16. The molecule has 0 spiro atoms. The average molecular weight is 246 g/mol. The molecule has 0 bridgehead atoms. The fourth-order valence-corrected chi connectivity index (χ4v) is 1.48. The molecule has 0 heterocycles. The van der Waals surface area contributed by atoms with Crippen LogP contribution in [0.1, 0.15) is 26.2 Å². The van der Waals surface area contributed by atoms with Crippen molar-refractivity contribution < 1.29 is 9.47 Å². The Kier molecular flexibility index (Phi) is 13.8. The van der Waals surface area contributed by atoms with Crippen LogP contribution < -0.4 is 5.32 Å². The summed E-state index contributed by atoms with van der Waals surface area (Å²) in [6, 6.07) is 0. The second kappa shape index (κ2) is 13.9. The lowest BCUT2D eigenvalue weighted by atomic mass is 10.4. The summed E-state index contributed by atoms with van der Waals surface area (Å²) in [6.45, 7) is 8.92. The van der Waals surface area contributed by atoms with E-state index in [0.717, 1.165) is 52.4 Å². The van der Waals surface area contributed by atoms with E-state index in [1.54, 1.807) is 7.11 Å². The predicted octanol–water partition coefficient (Wildman–Crippen LogP) is 1.36. The normalized spacial score (nSPS) is 11.3. The molecule has 17 heavy (non-hydrogen) atoms. The van der Waals surface area contributed by atoms with Gasteiger partial charge in [0.2, 0.25) is 0 Å². The van der Waals surface area contributed by atoms with Crippen molar-refractivity contribution in [3.63, 3.8) is 0 Å². The summed E-state index contributed by atoms with van der Waals surface area (Å²) in [5.41, 5.74) is 0. The van der Waals surface area contributed by atoms with Crippen molar-refractivity contribution in [1.29, 1.82) is 0 Å². The standard InChI is InChI=1S/C13H30N2O2/c1-4-5-12-17-13-8-14-7-10-15(2)9-6-11-16-3/h14H,4-13H2,1-3H3. The van der Waals surface area contributed by atoms with E-state index >= 15 is 0 Å². The third kappa shape index (κ3) is 13.8. The first-order valence-corrected chi connectivity index (χ1v) is 6.77. The van der Waals surface area contributed by atoms with Gasteiger partial charge in [0.05, 0.1) is 6.61 Å². The number of ether oxygens (including phenoxy) is 2. The summed E-state index contributed by atoms with van der Waals surface area (Å²) in [7, 11) is 3.90. The van der Waals surface area contributed by atoms with Crippen molar-refractivity contribution in [2.24, 2.45) is 0 Å². The highest BCUT2D eigenvalue weighted by atomic mass is 16.5. The molecule has 0 amide bonds. The lowest BCUT2D eigenvalue weighted by molar-refractivity contribution is 0.132. The van der Waals surface area contributed by atoms with Gasteiger partial charge in [-0.15, -0.1) is 0 Å². The van der Waals surface area contributed by atoms with Crippen LogP contribution in [0.4, 0.5) is 0 Å². The first-order valence-electron chi connectivity index (χ1n) is 6.77. The topological polar surface area (TPSA) is 33.7 Å². The fourth-order valence-electron chi connectivity index (χ4n) is 1.48. The molecular formula is C13H30N2O2. The maximum absolute atomic E-state index is 5.47. The quantitative estimate of drug-likeness (QED) is 0.498. The SMILES string of the molecule is CCCCOCCNCCN(C)CCCOC. The molecule has 0 aliphatic heterocycles. The molecule has 0 aromatic rings. The molecule has 0 aromatic carbocycles. The number of unbranched alkanes of at least 4 members (excludes halogenated alkanes) is 1. The van der Waals surface area contributed by atoms with Gasteiger partial charge in [0.1, 0.15) is 0 Å². The smallest absolute Gasteiger partial charge is 0.0590 e. The molecule has 0 unspecified atom stereocenters. The number of likely N-dealkylation sites (N-methyl/N-ethyl adjacent to an activating group) is 1. The van der Waals surface area contributed by atoms with Crippen LogP contribution in [0.25, 0.3) is 0 Å². The van der Waals surface area contributed by atoms with Crippen LogP contribution in [0.15, 0.2) is 0 Å². The minimum Gasteiger partial charge on any atom is -0.385 e. The van der Waals surface area contributed by atoms with Crippen molar-refractivity contribution in [2.75, 3.05) is 60.2 Å². The minimum absolute atomic E-state index is 0.827. The first kappa shape index (κ1) is 16.8. The molecule has 0 saturated heterocycles. The van der Waals surface area contributed by atoms with Gasteiger partial charge in [-0.25, -0.2) is 0 Å². The van der Waals surface area contributed by atoms with E-state index < -0.39 is 0 Å². The van der Waals surface area contributed by atoms with Gasteiger partial charge in [0.15, 0.2) is 0 Å². The number of nitrogens with one attached hydrogen (secondary N) is 1. The van der Waals surface area contributed by atoms with Crippen LogP contribution in [0, 0.1) is 0 Å². The first-order chi connectivity index (χ1) is 8.31. The molecule has 0 aromatic heterocycles. The predicted molar refractivity (Wildman–Crippen MR) is 72.6 cm³/mol. The monoisotopic (exact) mass is 246 g/mol. The van der Waals surface area contributed by atoms with E-state index in [9.17, 15) is 0 Å². The summed E-state index contributed by atoms with van der Waals surface area (Å²) in [5.74, 6) is 0. The highest BCUT2D eigenvalue weighted by molar-refractivity contribution is 4.54. The molecule has 4 heteroatoms. The fraction of sp³-hybridized carbons (Fsp3) is 1.00. The number of rotatable bonds is 13. The Bertz CT molecular complexity index is 145. The maximum atomic E-state index is 5.47. The third-order valence-corrected chi connectivity index (χ3v) is 2.62. The van der Waals surface area contributed by atoms with Crippen molar-refractivity contribution in [3.8, 4) is 0 Å². The van der Waals surface area contributed by atoms with Crippen LogP contribution in [0.3, 0.4) is 0 Å². The molecule has 0 aliphatic carbocycles. The molecule has 4 nitrogen and oxygen atoms in total. The van der Waals surface area contributed by atoms with Crippen molar-refractivity contribution >= 4 is 0 Å². The Morgan fingerprint density at radius 2 is 1.82 bits per heavy atom. The molecular weight excluding hydrogens is 216 g/mol. The van der Waals surface area contributed by atoms with E-state index in [1.807, 2.05) is 0 Å². The van der Waals surface area contributed by atoms with Crippen molar-refractivity contribution in [1.82, 2.24) is 10.2 Å². The zero-order valence-corrected chi connectivity index (χ0v) is 11.8. The average Bonchev–Trinajstić information content (AvgIpc) is 2.33. The molecule has 0 aliphatic rings. The highest BCUT2D eigenvalue weighted by Crippen LogP contribution is 1.88. The Morgan fingerprint density at radius 3 is 2.53 bits per heavy atom. The zero-order chi connectivity index (χ0) is 12.8. The van der Waals surface area contributed by atoms with Gasteiger partial charge in [-0.05, 0) is 19.9 Å². The second-order valence-corrected chi connectivity index (χ2v) is 4.37. The molecule has 0 fully saturated rings. The van der Waals surface area contributed by atoms with Crippen molar-refractivity contribution in [3.05, 3.63) is 0 Å². The van der Waals surface area contributed by atoms with Gasteiger partial charge < -0.3 is 19.7 Å². The molecule has 0 rings (SSSR count). The maximum Gasteiger partial charge on any atom is 0.0590 e. The van der Waals surface area contributed by atoms with Crippen LogP contribution in [-0.2, 0) is 9.47 Å². The zero-order valence-electron chi connectivity index (χ0n) is 11.8. The van der Waals surface area contributed by atoms with Gasteiger partial charge in [-0.2, -0.15) is 0 Å². The summed E-state index contributed by atoms with van der Waals surface area (Å²) < 4.78 is 10.5. The molecule has 1 N–H and O–H groups in total. The van der Waals surface area contributed by atoms with Crippen LogP contribution in [-0.4, -0.2) is 65.1 Å². The number of methoxy groups -OCH3 is 1. The number of nitrogens with zero attached hydrogens (tertiary/aromatic N) is 1. The number of hydrogen-bond donors (Lipinski definition) is 1. The Balaban J connectivity index is 3.05. The highest BCUT2D eigenvalue weighted by Gasteiger charge is 1.97. The number of hydrogen-bond acceptors (Lipinski definition) is 4. The van der Waals surface area contributed by atoms with Crippen LogP contribution in [0.5, 0.6) is 0 Å². The van der Waals surface area contributed by atoms with Gasteiger partial charge in [-0.1, -0.05) is 13.3 Å². The molecule has 0 saturated carbocycles. The summed E-state index contributed by atoms with van der Waals surface area (Å²) in [5, 5.41) is 3.39. The Morgan fingerprint density at radius 1 is 1.00 bits per heavy atom. The van der Waals surface area contributed by atoms with E-state index in [4.69, 9.17) is 9.47 Å². The van der Waals surface area contributed by atoms with E-state index in [1.165, 1.54) is 12.8 Å². The lowest BCUT2D eigenvalue weighted by Crippen LogP contribution is -2.32. The molecule has 104 valence electrons. The third-order valence-electron chi connectivity index (χ3n) is 2.62. The van der Waals surface area contributed by atoms with E-state index in [-0.39, 0.29) is 0 Å². The molecule has 0 atom stereocenters. The van der Waals surface area contributed by atoms with Gasteiger partial charge in [0.25, 0.3) is 0 Å². The molecule has 0 radical (unpaired) electrons. The van der Waals surface area contributed by atoms with E-state index in [0.29, 0.717) is 0 Å². The summed E-state index contributed by atoms with van der Waals surface area (Å²) >= 11 is 0. The second-order valence-electron chi connectivity index (χ2n) is 4.37. The Hall–Kier alpha value is -0.160. The van der Waals surface area contributed by atoms with Crippen LogP contribution >= 0.6 is 0 Å². The Labute approximate surface area is 107 Å². The van der Waals surface area contributed by atoms with E-state index in [2.05, 4.69) is 24.2 Å². The van der Waals surface area contributed by atoms with Crippen molar-refractivity contribution in [2.45, 2.75) is 26.2 Å². The minimum atomic E-state index is 0.827. The summed E-state index contributed by atoms with van der Waals surface area (Å²) in [4.78, 5) is 2.32. The summed E-state index contributed by atoms with van der Waals surface area (Å²) in [6.07, 6.45) is 3.48. The van der Waals surface area contributed by atoms with Crippen LogP contribution in [0.2, 0.25) is 0 Å². The van der Waals surface area contributed by atoms with Gasteiger partial charge in [-0.3, -0.25) is 0 Å². The largest absolute Gasteiger partial charge is 0.385 e. The van der Waals surface area contributed by atoms with Gasteiger partial charge >= 0.3 is 0 Å². The van der Waals surface area contributed by atoms with Gasteiger partial charge in [0, 0.05) is 46.5 Å².